The lowest BCUT2D eigenvalue weighted by molar-refractivity contribution is 1.22. The number of rotatable bonds is 4. The molecule has 3 nitrogen and oxygen atoms in total. The van der Waals surface area contributed by atoms with E-state index in [2.05, 4.69) is 156 Å². The van der Waals surface area contributed by atoms with Crippen molar-refractivity contribution in [3.8, 4) is 44.8 Å². The van der Waals surface area contributed by atoms with Gasteiger partial charge in [-0.25, -0.2) is 9.97 Å². The zero-order valence-electron chi connectivity index (χ0n) is 23.3. The summed E-state index contributed by atoms with van der Waals surface area (Å²) in [5.41, 5.74) is 11.9. The smallest absolute Gasteiger partial charge is 0.147 e. The van der Waals surface area contributed by atoms with Crippen LogP contribution >= 0.6 is 0 Å². The first-order valence-electron chi connectivity index (χ1n) is 14.6. The maximum absolute atomic E-state index is 5.36. The van der Waals surface area contributed by atoms with Crippen molar-refractivity contribution in [1.82, 2.24) is 14.4 Å². The van der Waals surface area contributed by atoms with E-state index in [0.717, 1.165) is 44.6 Å². The van der Waals surface area contributed by atoms with Crippen LogP contribution in [0.25, 0.3) is 83.1 Å². The Morgan fingerprint density at radius 2 is 0.744 bits per heavy atom. The van der Waals surface area contributed by atoms with Gasteiger partial charge in [0.2, 0.25) is 0 Å². The van der Waals surface area contributed by atoms with E-state index in [4.69, 9.17) is 9.97 Å². The number of pyridine rings is 2. The van der Waals surface area contributed by atoms with E-state index in [1.807, 2.05) is 0 Å². The first kappa shape index (κ1) is 23.9. The topological polar surface area (TPSA) is 30.2 Å². The number of hydrogen-bond donors (Lipinski definition) is 0. The van der Waals surface area contributed by atoms with E-state index in [1.54, 1.807) is 0 Å². The van der Waals surface area contributed by atoms with Crippen molar-refractivity contribution in [2.75, 3.05) is 0 Å². The summed E-state index contributed by atoms with van der Waals surface area (Å²) in [5.74, 6) is 0. The molecule has 0 unspecified atom stereocenters. The molecule has 0 bridgehead atoms. The lowest BCUT2D eigenvalue weighted by atomic mass is 9.97. The van der Waals surface area contributed by atoms with Crippen LogP contribution in [0.4, 0.5) is 0 Å². The van der Waals surface area contributed by atoms with Gasteiger partial charge in [0.15, 0.2) is 0 Å². The van der Waals surface area contributed by atoms with Crippen LogP contribution in [-0.4, -0.2) is 14.4 Å². The van der Waals surface area contributed by atoms with Gasteiger partial charge in [0.25, 0.3) is 0 Å². The number of aromatic nitrogens is 3. The Kier molecular flexibility index (Phi) is 5.20. The van der Waals surface area contributed by atoms with Crippen molar-refractivity contribution < 1.29 is 0 Å². The van der Waals surface area contributed by atoms with Gasteiger partial charge in [0.05, 0.1) is 16.9 Å². The molecule has 200 valence electrons. The summed E-state index contributed by atoms with van der Waals surface area (Å²) in [5, 5.41) is 4.68. The number of para-hydroxylation sites is 1. The van der Waals surface area contributed by atoms with Gasteiger partial charge in [-0.15, -0.1) is 0 Å². The van der Waals surface area contributed by atoms with Crippen LogP contribution < -0.4 is 0 Å². The molecule has 0 aliphatic carbocycles. The molecule has 0 saturated carbocycles. The molecule has 5 aromatic carbocycles. The van der Waals surface area contributed by atoms with Gasteiger partial charge in [0.1, 0.15) is 11.3 Å². The van der Waals surface area contributed by atoms with Crippen molar-refractivity contribution in [1.29, 1.82) is 0 Å². The molecule has 0 spiro atoms. The highest BCUT2D eigenvalue weighted by Gasteiger charge is 2.21. The van der Waals surface area contributed by atoms with E-state index >= 15 is 0 Å². The Morgan fingerprint density at radius 3 is 1.21 bits per heavy atom. The molecule has 0 saturated heterocycles. The summed E-state index contributed by atoms with van der Waals surface area (Å²) < 4.78 is 2.28. The molecular formula is C40H25N3. The minimum absolute atomic E-state index is 0.933. The molecule has 9 aromatic rings. The van der Waals surface area contributed by atoms with Gasteiger partial charge < -0.3 is 0 Å². The zero-order valence-corrected chi connectivity index (χ0v) is 23.3. The van der Waals surface area contributed by atoms with Gasteiger partial charge >= 0.3 is 0 Å². The fraction of sp³-hybridized carbons (Fsp3) is 0. The van der Waals surface area contributed by atoms with Crippen LogP contribution in [0.5, 0.6) is 0 Å². The van der Waals surface area contributed by atoms with E-state index < -0.39 is 0 Å². The summed E-state index contributed by atoms with van der Waals surface area (Å²) in [6.45, 7) is 0. The van der Waals surface area contributed by atoms with Crippen LogP contribution in [0.3, 0.4) is 0 Å². The van der Waals surface area contributed by atoms with Gasteiger partial charge in [0, 0.05) is 32.7 Å². The highest BCUT2D eigenvalue weighted by Crippen LogP contribution is 2.41. The monoisotopic (exact) mass is 547 g/mol. The third kappa shape index (κ3) is 3.62. The number of hydrogen-bond acceptors (Lipinski definition) is 2. The standard InChI is InChI=1S/C40H25N3/c1-3-12-26(13-4-1)28-16-7-9-18-30(28)36-24-22-34-32-20-11-21-33-35-23-25-37(42-40(35)43(38(32)33)39(34)41-36)31-19-10-8-17-29(31)27-14-5-2-6-15-27/h1-25H. The second kappa shape index (κ2) is 9.37. The minimum atomic E-state index is 0.933. The van der Waals surface area contributed by atoms with E-state index in [0.29, 0.717) is 0 Å². The molecule has 9 rings (SSSR count). The second-order valence-corrected chi connectivity index (χ2v) is 11.0. The molecular weight excluding hydrogens is 522 g/mol. The molecule has 0 aliphatic rings. The molecule has 3 heteroatoms. The molecule has 4 aromatic heterocycles. The Hall–Kier alpha value is -5.80. The van der Waals surface area contributed by atoms with Crippen molar-refractivity contribution in [2.24, 2.45) is 0 Å². The van der Waals surface area contributed by atoms with Crippen molar-refractivity contribution in [3.63, 3.8) is 0 Å². The summed E-state index contributed by atoms with van der Waals surface area (Å²) in [6.07, 6.45) is 0. The molecule has 0 fully saturated rings. The fourth-order valence-electron chi connectivity index (χ4n) is 6.64. The summed E-state index contributed by atoms with van der Waals surface area (Å²) in [6, 6.07) is 53.4. The van der Waals surface area contributed by atoms with E-state index in [9.17, 15) is 0 Å². The van der Waals surface area contributed by atoms with Gasteiger partial charge in [-0.05, 0) is 46.5 Å². The van der Waals surface area contributed by atoms with Gasteiger partial charge in [-0.1, -0.05) is 127 Å². The van der Waals surface area contributed by atoms with Crippen LogP contribution in [0, 0.1) is 0 Å². The fourth-order valence-corrected chi connectivity index (χ4v) is 6.64. The average Bonchev–Trinajstić information content (AvgIpc) is 3.61. The normalized spacial score (nSPS) is 11.7. The van der Waals surface area contributed by atoms with E-state index in [-0.39, 0.29) is 0 Å². The summed E-state index contributed by atoms with van der Waals surface area (Å²) in [4.78, 5) is 10.7. The lowest BCUT2D eigenvalue weighted by Gasteiger charge is -2.10. The van der Waals surface area contributed by atoms with Gasteiger partial charge in [-0.2, -0.15) is 0 Å². The maximum Gasteiger partial charge on any atom is 0.147 e. The Labute approximate surface area is 248 Å². The highest BCUT2D eigenvalue weighted by atomic mass is 15.0. The Balaban J connectivity index is 1.31. The van der Waals surface area contributed by atoms with Crippen LogP contribution in [0.2, 0.25) is 0 Å². The largest absolute Gasteiger partial charge is 0.277 e. The summed E-state index contributed by atoms with van der Waals surface area (Å²) in [7, 11) is 0. The lowest BCUT2D eigenvalue weighted by Crippen LogP contribution is -1.93. The van der Waals surface area contributed by atoms with Crippen molar-refractivity contribution >= 4 is 38.4 Å². The van der Waals surface area contributed by atoms with Crippen LogP contribution in [0.15, 0.2) is 152 Å². The SMILES string of the molecule is c1ccc(-c2ccccc2-c2ccc3c4cccc5c6ccc(-c7ccccc7-c7ccccc7)nc6n(c3n2)c45)cc1. The minimum Gasteiger partial charge on any atom is -0.277 e. The molecule has 4 heterocycles. The van der Waals surface area contributed by atoms with Crippen LogP contribution in [-0.2, 0) is 0 Å². The number of fused-ring (bicyclic) bond motifs is 6. The molecule has 0 N–H and O–H groups in total. The molecule has 0 radical (unpaired) electrons. The third-order valence-electron chi connectivity index (χ3n) is 8.59. The first-order chi connectivity index (χ1) is 21.3. The predicted molar refractivity (Wildman–Crippen MR) is 178 cm³/mol. The Bertz CT molecular complexity index is 2270. The maximum atomic E-state index is 5.36. The highest BCUT2D eigenvalue weighted by molar-refractivity contribution is 6.22. The summed E-state index contributed by atoms with van der Waals surface area (Å²) >= 11 is 0. The second-order valence-electron chi connectivity index (χ2n) is 11.0. The van der Waals surface area contributed by atoms with Gasteiger partial charge in [-0.3, -0.25) is 4.40 Å². The predicted octanol–water partition coefficient (Wildman–Crippen LogP) is 10.3. The molecule has 0 aliphatic heterocycles. The zero-order chi connectivity index (χ0) is 28.3. The van der Waals surface area contributed by atoms with Crippen molar-refractivity contribution in [2.45, 2.75) is 0 Å². The average molecular weight is 548 g/mol. The Morgan fingerprint density at radius 1 is 0.326 bits per heavy atom. The first-order valence-corrected chi connectivity index (χ1v) is 14.6. The van der Waals surface area contributed by atoms with Crippen molar-refractivity contribution in [3.05, 3.63) is 152 Å². The van der Waals surface area contributed by atoms with Crippen LogP contribution in [0.1, 0.15) is 0 Å². The third-order valence-corrected chi connectivity index (χ3v) is 8.59. The number of nitrogens with zero attached hydrogens (tertiary/aromatic N) is 3. The quantitative estimate of drug-likeness (QED) is 0.219. The molecule has 0 amide bonds. The number of benzene rings is 5. The van der Waals surface area contributed by atoms with E-state index in [1.165, 1.54) is 38.5 Å². The molecule has 0 atom stereocenters. The molecule has 43 heavy (non-hydrogen) atoms.